The van der Waals surface area contributed by atoms with E-state index in [1.54, 1.807) is 23.4 Å². The van der Waals surface area contributed by atoms with Gasteiger partial charge in [0.25, 0.3) is 5.91 Å². The van der Waals surface area contributed by atoms with Crippen LogP contribution in [0.3, 0.4) is 0 Å². The first kappa shape index (κ1) is 15.8. The molecule has 0 unspecified atom stereocenters. The lowest BCUT2D eigenvalue weighted by Crippen LogP contribution is -2.41. The molecule has 8 heteroatoms. The Morgan fingerprint density at radius 2 is 1.92 bits per heavy atom. The standard InChI is InChI=1S/C17H15N5O2S/c23-17(22-7-9-24-10-8-22)14-5-1-4-13(19-14)16-21-20-15(25-16)12-3-2-6-18-11-12/h1-6,11H,7-10H2. The first-order valence-corrected chi connectivity index (χ1v) is 8.71. The number of aromatic nitrogens is 4. The summed E-state index contributed by atoms with van der Waals surface area (Å²) < 4.78 is 5.29. The topological polar surface area (TPSA) is 81.1 Å². The fraction of sp³-hybridized carbons (Fsp3) is 0.235. The van der Waals surface area contributed by atoms with E-state index in [2.05, 4.69) is 20.2 Å². The Morgan fingerprint density at radius 1 is 1.08 bits per heavy atom. The Morgan fingerprint density at radius 3 is 2.72 bits per heavy atom. The highest BCUT2D eigenvalue weighted by Crippen LogP contribution is 2.28. The van der Waals surface area contributed by atoms with Crippen molar-refractivity contribution in [3.63, 3.8) is 0 Å². The molecule has 0 spiro atoms. The maximum absolute atomic E-state index is 12.6. The molecular weight excluding hydrogens is 338 g/mol. The molecule has 0 radical (unpaired) electrons. The minimum atomic E-state index is -0.0813. The van der Waals surface area contributed by atoms with Gasteiger partial charge < -0.3 is 9.64 Å². The van der Waals surface area contributed by atoms with Gasteiger partial charge in [0, 0.05) is 31.0 Å². The predicted molar refractivity (Wildman–Crippen MR) is 93.1 cm³/mol. The number of hydrogen-bond donors (Lipinski definition) is 0. The van der Waals surface area contributed by atoms with Gasteiger partial charge in [0.05, 0.1) is 13.2 Å². The number of carbonyl (C=O) groups is 1. The minimum absolute atomic E-state index is 0.0813. The molecule has 0 N–H and O–H groups in total. The average molecular weight is 353 g/mol. The van der Waals surface area contributed by atoms with Crippen molar-refractivity contribution < 1.29 is 9.53 Å². The lowest BCUT2D eigenvalue weighted by molar-refractivity contribution is 0.0299. The number of rotatable bonds is 3. The van der Waals surface area contributed by atoms with Crippen LogP contribution in [-0.2, 0) is 4.74 Å². The predicted octanol–water partition coefficient (Wildman–Crippen LogP) is 2.13. The van der Waals surface area contributed by atoms with Crippen LogP contribution in [0.25, 0.3) is 21.3 Å². The third kappa shape index (κ3) is 3.40. The largest absolute Gasteiger partial charge is 0.378 e. The van der Waals surface area contributed by atoms with Crippen molar-refractivity contribution in [2.24, 2.45) is 0 Å². The van der Waals surface area contributed by atoms with Gasteiger partial charge in [0.15, 0.2) is 5.01 Å². The van der Waals surface area contributed by atoms with Gasteiger partial charge >= 0.3 is 0 Å². The third-order valence-electron chi connectivity index (χ3n) is 3.82. The van der Waals surface area contributed by atoms with E-state index >= 15 is 0 Å². The summed E-state index contributed by atoms with van der Waals surface area (Å²) in [6.07, 6.45) is 3.46. The molecule has 4 heterocycles. The van der Waals surface area contributed by atoms with Gasteiger partial charge in [0.1, 0.15) is 16.4 Å². The minimum Gasteiger partial charge on any atom is -0.378 e. The Bertz CT molecular complexity index is 878. The number of nitrogens with zero attached hydrogens (tertiary/aromatic N) is 5. The van der Waals surface area contributed by atoms with E-state index in [4.69, 9.17) is 4.74 Å². The number of ether oxygens (including phenoxy) is 1. The van der Waals surface area contributed by atoms with Crippen molar-refractivity contribution in [2.75, 3.05) is 26.3 Å². The molecule has 1 amide bonds. The molecule has 0 atom stereocenters. The van der Waals surface area contributed by atoms with Crippen LogP contribution in [0.4, 0.5) is 0 Å². The molecule has 0 bridgehead atoms. The maximum atomic E-state index is 12.6. The smallest absolute Gasteiger partial charge is 0.272 e. The Kier molecular flexibility index (Phi) is 4.45. The average Bonchev–Trinajstić information content (AvgIpc) is 3.19. The molecule has 25 heavy (non-hydrogen) atoms. The van der Waals surface area contributed by atoms with Crippen LogP contribution in [-0.4, -0.2) is 57.3 Å². The van der Waals surface area contributed by atoms with Crippen LogP contribution in [0.5, 0.6) is 0 Å². The van der Waals surface area contributed by atoms with Crippen LogP contribution in [0.1, 0.15) is 10.5 Å². The number of morpholine rings is 1. The van der Waals surface area contributed by atoms with E-state index in [1.807, 2.05) is 24.3 Å². The van der Waals surface area contributed by atoms with Crippen molar-refractivity contribution >= 4 is 17.2 Å². The Hall–Kier alpha value is -2.71. The zero-order chi connectivity index (χ0) is 17.1. The summed E-state index contributed by atoms with van der Waals surface area (Å²) >= 11 is 1.43. The first-order chi connectivity index (χ1) is 12.3. The number of carbonyl (C=O) groups excluding carboxylic acids is 1. The molecule has 4 rings (SSSR count). The van der Waals surface area contributed by atoms with Gasteiger partial charge in [0.2, 0.25) is 0 Å². The molecule has 3 aromatic heterocycles. The highest BCUT2D eigenvalue weighted by atomic mass is 32.1. The Labute approximate surface area is 148 Å². The van der Waals surface area contributed by atoms with E-state index < -0.39 is 0 Å². The van der Waals surface area contributed by atoms with Crippen molar-refractivity contribution in [2.45, 2.75) is 0 Å². The summed E-state index contributed by atoms with van der Waals surface area (Å²) in [4.78, 5) is 22.9. The lowest BCUT2D eigenvalue weighted by atomic mass is 10.2. The molecule has 0 aromatic carbocycles. The van der Waals surface area contributed by atoms with Crippen LogP contribution >= 0.6 is 11.3 Å². The van der Waals surface area contributed by atoms with E-state index in [0.29, 0.717) is 42.7 Å². The highest BCUT2D eigenvalue weighted by molar-refractivity contribution is 7.17. The quantitative estimate of drug-likeness (QED) is 0.717. The number of pyridine rings is 2. The summed E-state index contributed by atoms with van der Waals surface area (Å²) in [5.41, 5.74) is 1.97. The SMILES string of the molecule is O=C(c1cccc(-c2nnc(-c3cccnc3)s2)n1)N1CCOCC1. The second kappa shape index (κ2) is 7.04. The fourth-order valence-electron chi connectivity index (χ4n) is 2.53. The Balaban J connectivity index is 1.59. The summed E-state index contributed by atoms with van der Waals surface area (Å²) in [6.45, 7) is 2.32. The lowest BCUT2D eigenvalue weighted by Gasteiger charge is -2.26. The van der Waals surface area contributed by atoms with Crippen LogP contribution < -0.4 is 0 Å². The summed E-state index contributed by atoms with van der Waals surface area (Å²) in [5.74, 6) is -0.0813. The molecular formula is C17H15N5O2S. The molecule has 1 saturated heterocycles. The maximum Gasteiger partial charge on any atom is 0.272 e. The van der Waals surface area contributed by atoms with Crippen molar-refractivity contribution in [1.29, 1.82) is 0 Å². The number of hydrogen-bond acceptors (Lipinski definition) is 7. The van der Waals surface area contributed by atoms with Gasteiger partial charge in [-0.15, -0.1) is 10.2 Å². The second-order valence-corrected chi connectivity index (χ2v) is 6.44. The molecule has 126 valence electrons. The zero-order valence-corrected chi connectivity index (χ0v) is 14.1. The summed E-state index contributed by atoms with van der Waals surface area (Å²) in [5, 5.41) is 9.86. The first-order valence-electron chi connectivity index (χ1n) is 7.89. The molecule has 1 fully saturated rings. The number of amides is 1. The van der Waals surface area contributed by atoms with Gasteiger partial charge in [-0.25, -0.2) is 4.98 Å². The second-order valence-electron chi connectivity index (χ2n) is 5.47. The van der Waals surface area contributed by atoms with Crippen LogP contribution in [0.2, 0.25) is 0 Å². The van der Waals surface area contributed by atoms with E-state index in [-0.39, 0.29) is 5.91 Å². The van der Waals surface area contributed by atoms with E-state index in [0.717, 1.165) is 10.6 Å². The highest BCUT2D eigenvalue weighted by Gasteiger charge is 2.20. The molecule has 0 aliphatic carbocycles. The molecule has 1 aliphatic rings. The summed E-state index contributed by atoms with van der Waals surface area (Å²) in [6, 6.07) is 9.18. The fourth-order valence-corrected chi connectivity index (χ4v) is 3.34. The zero-order valence-electron chi connectivity index (χ0n) is 13.3. The summed E-state index contributed by atoms with van der Waals surface area (Å²) in [7, 11) is 0. The molecule has 1 aliphatic heterocycles. The molecule has 3 aromatic rings. The van der Waals surface area contributed by atoms with Crippen molar-refractivity contribution in [3.8, 4) is 21.3 Å². The van der Waals surface area contributed by atoms with Gasteiger partial charge in [-0.05, 0) is 24.3 Å². The molecule has 0 saturated carbocycles. The monoisotopic (exact) mass is 353 g/mol. The van der Waals surface area contributed by atoms with Crippen LogP contribution in [0.15, 0.2) is 42.7 Å². The van der Waals surface area contributed by atoms with Crippen molar-refractivity contribution in [3.05, 3.63) is 48.4 Å². The van der Waals surface area contributed by atoms with Gasteiger partial charge in [-0.3, -0.25) is 9.78 Å². The third-order valence-corrected chi connectivity index (χ3v) is 4.81. The van der Waals surface area contributed by atoms with Crippen LogP contribution in [0, 0.1) is 0 Å². The van der Waals surface area contributed by atoms with Gasteiger partial charge in [-0.1, -0.05) is 17.4 Å². The van der Waals surface area contributed by atoms with Crippen molar-refractivity contribution in [1.82, 2.24) is 25.1 Å². The van der Waals surface area contributed by atoms with E-state index in [9.17, 15) is 4.79 Å². The normalized spacial score (nSPS) is 14.5. The van der Waals surface area contributed by atoms with Gasteiger partial charge in [-0.2, -0.15) is 0 Å². The molecule has 7 nitrogen and oxygen atoms in total. The van der Waals surface area contributed by atoms with E-state index in [1.165, 1.54) is 11.3 Å².